The van der Waals surface area contributed by atoms with E-state index in [9.17, 15) is 14.7 Å². The van der Waals surface area contributed by atoms with Crippen molar-refractivity contribution in [1.29, 1.82) is 0 Å². The number of ether oxygens (including phenoxy) is 3. The lowest BCUT2D eigenvalue weighted by Crippen LogP contribution is -2.29. The molecule has 1 unspecified atom stereocenters. The molecule has 4 aromatic rings. The molecule has 202 valence electrons. The van der Waals surface area contributed by atoms with Crippen LogP contribution >= 0.6 is 0 Å². The first-order valence-electron chi connectivity index (χ1n) is 12.8. The summed E-state index contributed by atoms with van der Waals surface area (Å²) in [4.78, 5) is 28.3. The van der Waals surface area contributed by atoms with Crippen molar-refractivity contribution in [3.05, 3.63) is 131 Å². The van der Waals surface area contributed by atoms with Gasteiger partial charge in [-0.25, -0.2) is 0 Å². The van der Waals surface area contributed by atoms with E-state index < -0.39 is 17.7 Å². The monoisotopic (exact) mass is 535 g/mol. The van der Waals surface area contributed by atoms with E-state index in [0.29, 0.717) is 35.0 Å². The van der Waals surface area contributed by atoms with Gasteiger partial charge in [-0.3, -0.25) is 9.59 Å². The molecule has 1 atom stereocenters. The Morgan fingerprint density at radius 1 is 0.775 bits per heavy atom. The molecule has 0 aliphatic carbocycles. The molecule has 0 radical (unpaired) electrons. The molecule has 1 amide bonds. The molecule has 4 aromatic carbocycles. The summed E-state index contributed by atoms with van der Waals surface area (Å²) in [5, 5.41) is 11.4. The van der Waals surface area contributed by atoms with E-state index in [0.717, 1.165) is 11.1 Å². The van der Waals surface area contributed by atoms with Crippen molar-refractivity contribution < 1.29 is 28.9 Å². The van der Waals surface area contributed by atoms with Crippen LogP contribution in [0.25, 0.3) is 5.76 Å². The van der Waals surface area contributed by atoms with E-state index in [1.54, 1.807) is 49.6 Å². The molecule has 0 spiro atoms. The third-order valence-corrected chi connectivity index (χ3v) is 6.84. The number of nitrogens with zero attached hydrogens (tertiary/aromatic N) is 1. The summed E-state index contributed by atoms with van der Waals surface area (Å²) in [6.45, 7) is 0.532. The van der Waals surface area contributed by atoms with Gasteiger partial charge in [0.1, 0.15) is 18.1 Å². The average Bonchev–Trinajstić information content (AvgIpc) is 3.25. The molecule has 7 heteroatoms. The minimum atomic E-state index is -0.848. The second-order valence-electron chi connectivity index (χ2n) is 9.33. The first-order chi connectivity index (χ1) is 19.5. The molecule has 1 fully saturated rings. The standard InChI is InChI=1S/C33H29NO6/c1-38-26-16-13-24(14-17-26)31(35)29-30(34(33(37)32(29)36)20-22-9-5-3-6-10-22)25-15-18-27(28(19-25)39-2)40-21-23-11-7-4-8-12-23/h3-19,30,35H,20-21H2,1-2H3. The Morgan fingerprint density at radius 3 is 2.05 bits per heavy atom. The van der Waals surface area contributed by atoms with Gasteiger partial charge in [-0.2, -0.15) is 0 Å². The normalized spacial score (nSPS) is 16.1. The Balaban J connectivity index is 1.57. The molecule has 0 aromatic heterocycles. The lowest BCUT2D eigenvalue weighted by atomic mass is 9.94. The third kappa shape index (κ3) is 5.40. The van der Waals surface area contributed by atoms with Crippen LogP contribution in [0, 0.1) is 0 Å². The minimum Gasteiger partial charge on any atom is -0.507 e. The van der Waals surface area contributed by atoms with Gasteiger partial charge in [-0.05, 0) is 53.1 Å². The number of likely N-dealkylation sites (tertiary alicyclic amines) is 1. The van der Waals surface area contributed by atoms with Gasteiger partial charge in [0.25, 0.3) is 11.7 Å². The van der Waals surface area contributed by atoms with E-state index in [2.05, 4.69) is 0 Å². The van der Waals surface area contributed by atoms with Gasteiger partial charge in [-0.15, -0.1) is 0 Å². The molecule has 7 nitrogen and oxygen atoms in total. The lowest BCUT2D eigenvalue weighted by molar-refractivity contribution is -0.140. The van der Waals surface area contributed by atoms with Crippen LogP contribution in [0.5, 0.6) is 17.2 Å². The number of Topliss-reactive ketones (excluding diaryl/α,β-unsaturated/α-hetero) is 1. The van der Waals surface area contributed by atoms with Gasteiger partial charge in [0, 0.05) is 12.1 Å². The average molecular weight is 536 g/mol. The van der Waals surface area contributed by atoms with Gasteiger partial charge in [0.15, 0.2) is 11.5 Å². The van der Waals surface area contributed by atoms with Crippen molar-refractivity contribution in [3.8, 4) is 17.2 Å². The van der Waals surface area contributed by atoms with E-state index in [1.165, 1.54) is 12.0 Å². The Bertz CT molecular complexity index is 1530. The Hall–Kier alpha value is -5.04. The molecule has 1 aliphatic heterocycles. The molecule has 1 N–H and O–H groups in total. The number of amides is 1. The minimum absolute atomic E-state index is 0.00565. The van der Waals surface area contributed by atoms with Crippen molar-refractivity contribution in [2.24, 2.45) is 0 Å². The number of ketones is 1. The SMILES string of the molecule is COc1ccc(C(O)=C2C(=O)C(=O)N(Cc3ccccc3)C2c2ccc(OCc3ccccc3)c(OC)c2)cc1. The fraction of sp³-hybridized carbons (Fsp3) is 0.152. The van der Waals surface area contributed by atoms with E-state index in [-0.39, 0.29) is 17.9 Å². The van der Waals surface area contributed by atoms with Crippen LogP contribution < -0.4 is 14.2 Å². The van der Waals surface area contributed by atoms with E-state index in [1.807, 2.05) is 60.7 Å². The molecule has 0 saturated carbocycles. The van der Waals surface area contributed by atoms with Crippen molar-refractivity contribution in [2.45, 2.75) is 19.2 Å². The third-order valence-electron chi connectivity index (χ3n) is 6.84. The number of carbonyl (C=O) groups excluding carboxylic acids is 2. The summed E-state index contributed by atoms with van der Waals surface area (Å²) in [5.41, 5.74) is 2.87. The Morgan fingerprint density at radius 2 is 1.43 bits per heavy atom. The lowest BCUT2D eigenvalue weighted by Gasteiger charge is -2.26. The van der Waals surface area contributed by atoms with Crippen LogP contribution in [0.2, 0.25) is 0 Å². The summed E-state index contributed by atoms with van der Waals surface area (Å²) in [6, 6.07) is 30.3. The van der Waals surface area contributed by atoms with Crippen LogP contribution in [-0.4, -0.2) is 35.9 Å². The number of aliphatic hydroxyl groups is 1. The topological polar surface area (TPSA) is 85.3 Å². The fourth-order valence-electron chi connectivity index (χ4n) is 4.78. The first-order valence-corrected chi connectivity index (χ1v) is 12.8. The van der Waals surface area contributed by atoms with E-state index in [4.69, 9.17) is 14.2 Å². The molecule has 1 saturated heterocycles. The molecular weight excluding hydrogens is 506 g/mol. The van der Waals surface area contributed by atoms with Crippen molar-refractivity contribution in [1.82, 2.24) is 4.90 Å². The summed E-state index contributed by atoms with van der Waals surface area (Å²) in [6.07, 6.45) is 0. The van der Waals surface area contributed by atoms with Crippen LogP contribution in [0.1, 0.15) is 28.3 Å². The number of carbonyl (C=O) groups is 2. The zero-order valence-corrected chi connectivity index (χ0v) is 22.2. The van der Waals surface area contributed by atoms with Gasteiger partial charge in [-0.1, -0.05) is 66.7 Å². The molecule has 5 rings (SSSR count). The molecule has 0 bridgehead atoms. The van der Waals surface area contributed by atoms with Gasteiger partial charge < -0.3 is 24.2 Å². The molecule has 40 heavy (non-hydrogen) atoms. The predicted octanol–water partition coefficient (Wildman–Crippen LogP) is 5.90. The smallest absolute Gasteiger partial charge is 0.295 e. The zero-order valence-electron chi connectivity index (χ0n) is 22.2. The summed E-state index contributed by atoms with van der Waals surface area (Å²) in [5.74, 6) is -0.128. The van der Waals surface area contributed by atoms with Crippen LogP contribution in [0.4, 0.5) is 0 Å². The maximum Gasteiger partial charge on any atom is 0.295 e. The number of hydrogen-bond acceptors (Lipinski definition) is 6. The summed E-state index contributed by atoms with van der Waals surface area (Å²) < 4.78 is 16.9. The number of aliphatic hydroxyl groups excluding tert-OH is 1. The number of benzene rings is 4. The summed E-state index contributed by atoms with van der Waals surface area (Å²) in [7, 11) is 3.08. The van der Waals surface area contributed by atoms with Gasteiger partial charge >= 0.3 is 0 Å². The largest absolute Gasteiger partial charge is 0.507 e. The number of methoxy groups -OCH3 is 2. The predicted molar refractivity (Wildman–Crippen MR) is 151 cm³/mol. The molecule has 1 heterocycles. The maximum atomic E-state index is 13.4. The Kier molecular flexibility index (Phi) is 7.82. The quantitative estimate of drug-likeness (QED) is 0.163. The second-order valence-corrected chi connectivity index (χ2v) is 9.33. The highest BCUT2D eigenvalue weighted by molar-refractivity contribution is 6.46. The van der Waals surface area contributed by atoms with Crippen LogP contribution in [0.15, 0.2) is 109 Å². The van der Waals surface area contributed by atoms with Crippen molar-refractivity contribution >= 4 is 17.4 Å². The maximum absolute atomic E-state index is 13.4. The van der Waals surface area contributed by atoms with Gasteiger partial charge in [0.2, 0.25) is 0 Å². The van der Waals surface area contributed by atoms with Gasteiger partial charge in [0.05, 0.1) is 25.8 Å². The number of rotatable bonds is 9. The second kappa shape index (κ2) is 11.8. The van der Waals surface area contributed by atoms with Crippen molar-refractivity contribution in [3.63, 3.8) is 0 Å². The molecule has 1 aliphatic rings. The highest BCUT2D eigenvalue weighted by atomic mass is 16.5. The van der Waals surface area contributed by atoms with Crippen LogP contribution in [-0.2, 0) is 22.7 Å². The van der Waals surface area contributed by atoms with E-state index >= 15 is 0 Å². The molecular formula is C33H29NO6. The summed E-state index contributed by atoms with van der Waals surface area (Å²) >= 11 is 0. The zero-order chi connectivity index (χ0) is 28.1. The fourth-order valence-corrected chi connectivity index (χ4v) is 4.78. The van der Waals surface area contributed by atoms with Crippen molar-refractivity contribution in [2.75, 3.05) is 14.2 Å². The highest BCUT2D eigenvalue weighted by Crippen LogP contribution is 2.43. The number of hydrogen-bond donors (Lipinski definition) is 1. The van der Waals surface area contributed by atoms with Crippen LogP contribution in [0.3, 0.4) is 0 Å². The first kappa shape index (κ1) is 26.6. The Labute approximate surface area is 232 Å². The highest BCUT2D eigenvalue weighted by Gasteiger charge is 2.46.